The van der Waals surface area contributed by atoms with E-state index in [4.69, 9.17) is 0 Å². The van der Waals surface area contributed by atoms with E-state index in [2.05, 4.69) is 9.97 Å². The molecule has 8 nitrogen and oxygen atoms in total. The minimum absolute atomic E-state index is 0.112. The van der Waals surface area contributed by atoms with Gasteiger partial charge < -0.3 is 5.11 Å². The summed E-state index contributed by atoms with van der Waals surface area (Å²) in [4.78, 5) is 29.4. The highest BCUT2D eigenvalue weighted by Gasteiger charge is 2.14. The van der Waals surface area contributed by atoms with Crippen LogP contribution in [0.2, 0.25) is 0 Å². The smallest absolute Gasteiger partial charge is 0.284 e. The standard InChI is InChI=1S/C11H8N4O4/c16-9-4-2-1-3-8(9)10(17)7-5-12-11(13-6-7)14-15(18)19/h1-6,16H,(H,12,13,14). The number of benzene rings is 1. The van der Waals surface area contributed by atoms with E-state index < -0.39 is 10.8 Å². The zero-order valence-corrected chi connectivity index (χ0v) is 9.48. The first-order chi connectivity index (χ1) is 9.08. The van der Waals surface area contributed by atoms with Crippen LogP contribution in [-0.2, 0) is 0 Å². The number of carbonyl (C=O) groups excluding carboxylic acids is 1. The molecule has 0 aliphatic heterocycles. The molecule has 8 heteroatoms. The minimum atomic E-state index is -0.806. The Morgan fingerprint density at radius 2 is 1.89 bits per heavy atom. The molecule has 2 N–H and O–H groups in total. The van der Waals surface area contributed by atoms with Crippen molar-refractivity contribution in [2.45, 2.75) is 0 Å². The van der Waals surface area contributed by atoms with Crippen LogP contribution in [0.3, 0.4) is 0 Å². The zero-order valence-electron chi connectivity index (χ0n) is 9.48. The topological polar surface area (TPSA) is 118 Å². The number of ketones is 1. The molecule has 0 spiro atoms. The summed E-state index contributed by atoms with van der Waals surface area (Å²) in [6.07, 6.45) is 2.29. The molecule has 0 saturated heterocycles. The highest BCUT2D eigenvalue weighted by molar-refractivity contribution is 6.10. The third kappa shape index (κ3) is 2.80. The van der Waals surface area contributed by atoms with Crippen LogP contribution in [0.5, 0.6) is 5.75 Å². The molecule has 1 aromatic carbocycles. The molecule has 0 unspecified atom stereocenters. The Labute approximate surface area is 106 Å². The van der Waals surface area contributed by atoms with Gasteiger partial charge in [-0.05, 0) is 12.1 Å². The maximum absolute atomic E-state index is 12.0. The fraction of sp³-hybridized carbons (Fsp3) is 0. The molecule has 2 aromatic rings. The van der Waals surface area contributed by atoms with Gasteiger partial charge in [-0.3, -0.25) is 4.79 Å². The minimum Gasteiger partial charge on any atom is -0.507 e. The molecule has 1 heterocycles. The van der Waals surface area contributed by atoms with Crippen molar-refractivity contribution in [2.75, 3.05) is 5.43 Å². The van der Waals surface area contributed by atoms with Crippen LogP contribution in [0.15, 0.2) is 36.7 Å². The number of phenolic OH excluding ortho intramolecular Hbond substituents is 1. The van der Waals surface area contributed by atoms with Gasteiger partial charge in [-0.2, -0.15) is 0 Å². The number of rotatable bonds is 4. The number of anilines is 1. The number of phenols is 1. The average molecular weight is 260 g/mol. The average Bonchev–Trinajstić information content (AvgIpc) is 2.39. The Morgan fingerprint density at radius 3 is 2.47 bits per heavy atom. The van der Waals surface area contributed by atoms with Crippen molar-refractivity contribution < 1.29 is 14.9 Å². The number of para-hydroxylation sites is 1. The van der Waals surface area contributed by atoms with Crippen LogP contribution in [0, 0.1) is 10.1 Å². The summed E-state index contributed by atoms with van der Waals surface area (Å²) in [5.41, 5.74) is 1.99. The van der Waals surface area contributed by atoms with Crippen molar-refractivity contribution in [3.63, 3.8) is 0 Å². The maximum Gasteiger partial charge on any atom is 0.284 e. The molecule has 0 saturated carbocycles. The first kappa shape index (κ1) is 12.4. The third-order valence-corrected chi connectivity index (χ3v) is 2.25. The van der Waals surface area contributed by atoms with Gasteiger partial charge in [0.1, 0.15) is 5.75 Å². The number of hydrogen-bond acceptors (Lipinski definition) is 6. The molecule has 0 fully saturated rings. The van der Waals surface area contributed by atoms with Gasteiger partial charge >= 0.3 is 0 Å². The van der Waals surface area contributed by atoms with Crippen molar-refractivity contribution in [3.05, 3.63) is 57.9 Å². The number of hydrogen-bond donors (Lipinski definition) is 2. The fourth-order valence-electron chi connectivity index (χ4n) is 1.41. The first-order valence-electron chi connectivity index (χ1n) is 5.13. The van der Waals surface area contributed by atoms with Gasteiger partial charge in [0, 0.05) is 12.4 Å². The molecule has 0 amide bonds. The molecule has 19 heavy (non-hydrogen) atoms. The van der Waals surface area contributed by atoms with E-state index in [9.17, 15) is 20.0 Å². The van der Waals surface area contributed by atoms with E-state index in [1.165, 1.54) is 12.1 Å². The lowest BCUT2D eigenvalue weighted by Gasteiger charge is -2.03. The van der Waals surface area contributed by atoms with Gasteiger partial charge in [0.05, 0.1) is 11.1 Å². The van der Waals surface area contributed by atoms with E-state index in [1.807, 2.05) is 0 Å². The highest BCUT2D eigenvalue weighted by atomic mass is 16.7. The molecule has 0 bridgehead atoms. The lowest BCUT2D eigenvalue weighted by Crippen LogP contribution is -2.12. The van der Waals surface area contributed by atoms with Crippen LogP contribution < -0.4 is 5.43 Å². The largest absolute Gasteiger partial charge is 0.507 e. The Bertz CT molecular complexity index is 627. The summed E-state index contributed by atoms with van der Waals surface area (Å²) in [5, 5.41) is 18.9. The van der Waals surface area contributed by atoms with Gasteiger partial charge in [0.15, 0.2) is 10.8 Å². The van der Waals surface area contributed by atoms with Gasteiger partial charge in [0.2, 0.25) is 0 Å². The predicted octanol–water partition coefficient (Wildman–Crippen LogP) is 1.02. The summed E-state index contributed by atoms with van der Waals surface area (Å²) in [6, 6.07) is 6.04. The van der Waals surface area contributed by atoms with Crippen molar-refractivity contribution in [2.24, 2.45) is 0 Å². The van der Waals surface area contributed by atoms with Crippen molar-refractivity contribution in [1.29, 1.82) is 0 Å². The second-order valence-corrected chi connectivity index (χ2v) is 3.51. The SMILES string of the molecule is O=C(c1cnc(N[N+](=O)[O-])nc1)c1ccccc1O. The molecule has 0 atom stereocenters. The van der Waals surface area contributed by atoms with Crippen molar-refractivity contribution in [3.8, 4) is 5.75 Å². The molecule has 2 rings (SSSR count). The quantitative estimate of drug-likeness (QED) is 0.478. The number of nitrogens with zero attached hydrogens (tertiary/aromatic N) is 3. The van der Waals surface area contributed by atoms with Gasteiger partial charge in [-0.1, -0.05) is 17.6 Å². The maximum atomic E-state index is 12.0. The molecule has 0 aliphatic rings. The van der Waals surface area contributed by atoms with Crippen LogP contribution in [0.25, 0.3) is 0 Å². The molecular formula is C11H8N4O4. The van der Waals surface area contributed by atoms with E-state index in [0.29, 0.717) is 0 Å². The number of aromatic hydroxyl groups is 1. The Morgan fingerprint density at radius 1 is 1.26 bits per heavy atom. The van der Waals surface area contributed by atoms with Gasteiger partial charge in [-0.25, -0.2) is 20.1 Å². The van der Waals surface area contributed by atoms with Crippen molar-refractivity contribution in [1.82, 2.24) is 9.97 Å². The van der Waals surface area contributed by atoms with Crippen LogP contribution in [0.1, 0.15) is 15.9 Å². The van der Waals surface area contributed by atoms with E-state index >= 15 is 0 Å². The summed E-state index contributed by atoms with van der Waals surface area (Å²) in [5.74, 6) is -0.843. The number of nitrogens with one attached hydrogen (secondary N) is 1. The first-order valence-corrected chi connectivity index (χ1v) is 5.13. The molecular weight excluding hydrogens is 252 g/mol. The number of carbonyl (C=O) groups is 1. The Kier molecular flexibility index (Phi) is 3.33. The van der Waals surface area contributed by atoms with E-state index in [-0.39, 0.29) is 22.8 Å². The number of nitro groups is 1. The monoisotopic (exact) mass is 260 g/mol. The summed E-state index contributed by atoms with van der Waals surface area (Å²) < 4.78 is 0. The summed E-state index contributed by atoms with van der Waals surface area (Å²) in [6.45, 7) is 0. The second-order valence-electron chi connectivity index (χ2n) is 3.51. The lowest BCUT2D eigenvalue weighted by molar-refractivity contribution is -0.446. The molecule has 1 aromatic heterocycles. The normalized spacial score (nSPS) is 9.89. The third-order valence-electron chi connectivity index (χ3n) is 2.25. The zero-order chi connectivity index (χ0) is 13.8. The predicted molar refractivity (Wildman–Crippen MR) is 64.2 cm³/mol. The van der Waals surface area contributed by atoms with Crippen LogP contribution in [0.4, 0.5) is 5.95 Å². The van der Waals surface area contributed by atoms with Gasteiger partial charge in [-0.15, -0.1) is 0 Å². The molecule has 96 valence electrons. The van der Waals surface area contributed by atoms with E-state index in [1.54, 1.807) is 17.6 Å². The Hall–Kier alpha value is -3.03. The lowest BCUT2D eigenvalue weighted by atomic mass is 10.1. The van der Waals surface area contributed by atoms with E-state index in [0.717, 1.165) is 12.4 Å². The summed E-state index contributed by atoms with van der Waals surface area (Å²) >= 11 is 0. The Balaban J connectivity index is 2.25. The summed E-state index contributed by atoms with van der Waals surface area (Å²) in [7, 11) is 0. The molecule has 0 aliphatic carbocycles. The number of aromatic nitrogens is 2. The van der Waals surface area contributed by atoms with Crippen LogP contribution >= 0.6 is 0 Å². The molecule has 0 radical (unpaired) electrons. The number of hydrazine groups is 1. The van der Waals surface area contributed by atoms with Gasteiger partial charge in [0.25, 0.3) is 5.95 Å². The van der Waals surface area contributed by atoms with Crippen LogP contribution in [-0.4, -0.2) is 25.9 Å². The fourth-order valence-corrected chi connectivity index (χ4v) is 1.41. The highest BCUT2D eigenvalue weighted by Crippen LogP contribution is 2.19. The second kappa shape index (κ2) is 5.08. The van der Waals surface area contributed by atoms with Crippen molar-refractivity contribution >= 4 is 11.7 Å².